The lowest BCUT2D eigenvalue weighted by Gasteiger charge is -2.28. The predicted molar refractivity (Wildman–Crippen MR) is 220 cm³/mol. The maximum atomic E-state index is 6.81. The van der Waals surface area contributed by atoms with Crippen LogP contribution in [-0.2, 0) is 0 Å². The van der Waals surface area contributed by atoms with Crippen molar-refractivity contribution in [3.8, 4) is 33.4 Å². The average Bonchev–Trinajstić information content (AvgIpc) is 3.59. The van der Waals surface area contributed by atoms with Crippen molar-refractivity contribution in [2.45, 2.75) is 0 Å². The first-order valence-corrected chi connectivity index (χ1v) is 17.8. The van der Waals surface area contributed by atoms with Gasteiger partial charge in [-0.25, -0.2) is 0 Å². The van der Waals surface area contributed by atoms with Crippen LogP contribution >= 0.6 is 0 Å². The summed E-state index contributed by atoms with van der Waals surface area (Å²) in [7, 11) is 0. The normalized spacial score (nSPS) is 11.5. The summed E-state index contributed by atoms with van der Waals surface area (Å²) in [6.45, 7) is 0. The van der Waals surface area contributed by atoms with E-state index in [2.05, 4.69) is 205 Å². The van der Waals surface area contributed by atoms with Crippen LogP contribution in [0.15, 0.2) is 205 Å². The zero-order valence-corrected chi connectivity index (χ0v) is 28.4. The molecule has 2 nitrogen and oxygen atoms in total. The fraction of sp³-hybridized carbons (Fsp3) is 0. The molecule has 2 heteroatoms. The molecule has 0 amide bonds. The van der Waals surface area contributed by atoms with Crippen LogP contribution in [0.4, 0.5) is 17.1 Å². The van der Waals surface area contributed by atoms with Gasteiger partial charge in [-0.2, -0.15) is 0 Å². The fourth-order valence-electron chi connectivity index (χ4n) is 7.79. The van der Waals surface area contributed by atoms with Gasteiger partial charge in [-0.05, 0) is 85.8 Å². The van der Waals surface area contributed by atoms with E-state index in [1.807, 2.05) is 0 Å². The second kappa shape index (κ2) is 12.5. The Kier molecular flexibility index (Phi) is 7.18. The molecule has 1 heterocycles. The fourth-order valence-corrected chi connectivity index (χ4v) is 7.79. The standard InChI is InChI=1S/C50H33NO/c1-3-14-34(15-4-1)40-30-31-41(44-22-10-9-21-43(40)44)36-26-28-39(29-27-36)51(47-24-12-11-20-42(47)35-16-5-2-6-17-35)48-25-13-23-45-46-32-37-18-7-8-19-38(37)33-49(46)52-50(45)48/h1-33H. The number of furan rings is 1. The summed E-state index contributed by atoms with van der Waals surface area (Å²) in [4.78, 5) is 2.35. The molecule has 0 saturated heterocycles. The van der Waals surface area contributed by atoms with Crippen molar-refractivity contribution in [2.75, 3.05) is 4.90 Å². The van der Waals surface area contributed by atoms with Crippen molar-refractivity contribution in [1.82, 2.24) is 0 Å². The molecule has 244 valence electrons. The van der Waals surface area contributed by atoms with Crippen LogP contribution in [0.3, 0.4) is 0 Å². The monoisotopic (exact) mass is 663 g/mol. The van der Waals surface area contributed by atoms with Gasteiger partial charge in [0.2, 0.25) is 0 Å². The third-order valence-electron chi connectivity index (χ3n) is 10.3. The molecule has 0 radical (unpaired) electrons. The molecule has 0 saturated carbocycles. The van der Waals surface area contributed by atoms with Crippen LogP contribution in [0.25, 0.3) is 76.9 Å². The largest absolute Gasteiger partial charge is 0.454 e. The van der Waals surface area contributed by atoms with E-state index in [1.54, 1.807) is 0 Å². The summed E-state index contributed by atoms with van der Waals surface area (Å²) in [5.41, 5.74) is 12.0. The molecule has 52 heavy (non-hydrogen) atoms. The van der Waals surface area contributed by atoms with Gasteiger partial charge in [0, 0.05) is 22.0 Å². The predicted octanol–water partition coefficient (Wildman–Crippen LogP) is 14.4. The molecule has 0 fully saturated rings. The highest BCUT2D eigenvalue weighted by Gasteiger charge is 2.22. The van der Waals surface area contributed by atoms with Gasteiger partial charge in [-0.1, -0.05) is 164 Å². The van der Waals surface area contributed by atoms with E-state index in [4.69, 9.17) is 4.42 Å². The summed E-state index contributed by atoms with van der Waals surface area (Å²) >= 11 is 0. The summed E-state index contributed by atoms with van der Waals surface area (Å²) in [5.74, 6) is 0. The summed E-state index contributed by atoms with van der Waals surface area (Å²) in [6, 6.07) is 71.6. The number of rotatable bonds is 6. The smallest absolute Gasteiger partial charge is 0.159 e. The lowest BCUT2D eigenvalue weighted by atomic mass is 9.92. The minimum atomic E-state index is 0.863. The van der Waals surface area contributed by atoms with Crippen LogP contribution < -0.4 is 4.90 Å². The Morgan fingerprint density at radius 1 is 0.327 bits per heavy atom. The minimum Gasteiger partial charge on any atom is -0.454 e. The lowest BCUT2D eigenvalue weighted by Crippen LogP contribution is -2.11. The Balaban J connectivity index is 1.16. The van der Waals surface area contributed by atoms with Crippen LogP contribution in [0, 0.1) is 0 Å². The quantitative estimate of drug-likeness (QED) is 0.176. The second-order valence-corrected chi connectivity index (χ2v) is 13.3. The van der Waals surface area contributed by atoms with Crippen LogP contribution in [-0.4, -0.2) is 0 Å². The highest BCUT2D eigenvalue weighted by atomic mass is 16.3. The van der Waals surface area contributed by atoms with Crippen molar-refractivity contribution in [3.63, 3.8) is 0 Å². The van der Waals surface area contributed by atoms with Crippen molar-refractivity contribution in [2.24, 2.45) is 0 Å². The van der Waals surface area contributed by atoms with E-state index < -0.39 is 0 Å². The van der Waals surface area contributed by atoms with Gasteiger partial charge < -0.3 is 9.32 Å². The minimum absolute atomic E-state index is 0.863. The Bertz CT molecular complexity index is 2890. The summed E-state index contributed by atoms with van der Waals surface area (Å²) < 4.78 is 6.81. The van der Waals surface area contributed by atoms with Crippen LogP contribution in [0.1, 0.15) is 0 Å². The van der Waals surface area contributed by atoms with Gasteiger partial charge in [-0.3, -0.25) is 0 Å². The van der Waals surface area contributed by atoms with Gasteiger partial charge in [0.1, 0.15) is 5.58 Å². The number of hydrogen-bond donors (Lipinski definition) is 0. The number of para-hydroxylation sites is 2. The summed E-state index contributed by atoms with van der Waals surface area (Å²) in [6.07, 6.45) is 0. The molecule has 10 rings (SSSR count). The molecule has 0 aliphatic rings. The molecule has 0 bridgehead atoms. The van der Waals surface area contributed by atoms with Gasteiger partial charge >= 0.3 is 0 Å². The maximum Gasteiger partial charge on any atom is 0.159 e. The molecule has 1 aromatic heterocycles. The number of hydrogen-bond acceptors (Lipinski definition) is 2. The molecule has 0 spiro atoms. The molecular weight excluding hydrogens is 631 g/mol. The van der Waals surface area contributed by atoms with Crippen molar-refractivity contribution >= 4 is 60.5 Å². The highest BCUT2D eigenvalue weighted by Crippen LogP contribution is 2.46. The molecule has 0 aliphatic carbocycles. The van der Waals surface area contributed by atoms with E-state index in [1.165, 1.54) is 43.8 Å². The van der Waals surface area contributed by atoms with Crippen molar-refractivity contribution in [3.05, 3.63) is 200 Å². The van der Waals surface area contributed by atoms with E-state index in [9.17, 15) is 0 Å². The second-order valence-electron chi connectivity index (χ2n) is 13.3. The average molecular weight is 664 g/mol. The lowest BCUT2D eigenvalue weighted by molar-refractivity contribution is 0.669. The number of nitrogens with zero attached hydrogens (tertiary/aromatic N) is 1. The SMILES string of the molecule is c1ccc(-c2ccccc2N(c2ccc(-c3ccc(-c4ccccc4)c4ccccc34)cc2)c2cccc3c2oc2cc4ccccc4cc23)cc1. The molecule has 0 unspecified atom stereocenters. The van der Waals surface area contributed by atoms with E-state index in [0.29, 0.717) is 0 Å². The molecule has 10 aromatic rings. The Morgan fingerprint density at radius 2 is 0.846 bits per heavy atom. The van der Waals surface area contributed by atoms with Crippen LogP contribution in [0.5, 0.6) is 0 Å². The van der Waals surface area contributed by atoms with Crippen LogP contribution in [0.2, 0.25) is 0 Å². The Morgan fingerprint density at radius 3 is 1.54 bits per heavy atom. The Hall–Kier alpha value is -6.90. The topological polar surface area (TPSA) is 16.4 Å². The zero-order valence-electron chi connectivity index (χ0n) is 28.4. The first-order valence-electron chi connectivity index (χ1n) is 17.8. The molecule has 0 atom stereocenters. The van der Waals surface area contributed by atoms with Gasteiger partial charge in [0.25, 0.3) is 0 Å². The van der Waals surface area contributed by atoms with Crippen molar-refractivity contribution < 1.29 is 4.42 Å². The third kappa shape index (κ3) is 5.04. The van der Waals surface area contributed by atoms with E-state index >= 15 is 0 Å². The number of anilines is 3. The molecule has 0 aliphatic heterocycles. The van der Waals surface area contributed by atoms with Gasteiger partial charge in [0.15, 0.2) is 5.58 Å². The highest BCUT2D eigenvalue weighted by molar-refractivity contribution is 6.14. The van der Waals surface area contributed by atoms with Gasteiger partial charge in [-0.15, -0.1) is 0 Å². The number of fused-ring (bicyclic) bond motifs is 5. The first-order chi connectivity index (χ1) is 25.8. The molecule has 0 N–H and O–H groups in total. The zero-order chi connectivity index (χ0) is 34.4. The van der Waals surface area contributed by atoms with E-state index in [0.717, 1.165) is 50.1 Å². The first kappa shape index (κ1) is 30.0. The summed E-state index contributed by atoms with van der Waals surface area (Å²) in [5, 5.41) is 7.08. The Labute approximate surface area is 302 Å². The third-order valence-corrected chi connectivity index (χ3v) is 10.3. The van der Waals surface area contributed by atoms with Gasteiger partial charge in [0.05, 0.1) is 11.4 Å². The number of benzene rings is 9. The molecular formula is C50H33NO. The van der Waals surface area contributed by atoms with Crippen molar-refractivity contribution in [1.29, 1.82) is 0 Å². The van der Waals surface area contributed by atoms with E-state index in [-0.39, 0.29) is 0 Å². The molecule has 9 aromatic carbocycles. The maximum absolute atomic E-state index is 6.81.